The molecule has 0 aromatic rings. The fraction of sp³-hybridized carbons (Fsp3) is 1.00. The molecule has 0 spiro atoms. The predicted octanol–water partition coefficient (Wildman–Crippen LogP) is -10.7. The van der Waals surface area contributed by atoms with E-state index in [1.54, 1.807) is 0 Å². The first-order valence-electron chi connectivity index (χ1n) is 4.94. The van der Waals surface area contributed by atoms with Gasteiger partial charge in [0.1, 0.15) is 18.3 Å². The van der Waals surface area contributed by atoms with Crippen molar-refractivity contribution in [2.75, 3.05) is 6.61 Å². The number of hydrogen-bond donors (Lipinski definition) is 4. The van der Waals surface area contributed by atoms with Gasteiger partial charge in [0.15, 0.2) is 16.6 Å². The quantitative estimate of drug-likeness (QED) is 0.199. The number of aliphatic hydroxyl groups excluding tert-OH is 3. The number of aliphatic hydroxyl groups is 3. The minimum atomic E-state index is -5.09. The Morgan fingerprint density at radius 2 is 1.55 bits per heavy atom. The molecule has 0 aliphatic carbocycles. The van der Waals surface area contributed by atoms with Gasteiger partial charge in [0.2, 0.25) is 10.4 Å². The summed E-state index contributed by atoms with van der Waals surface area (Å²) < 4.78 is 71.7. The standard InChI is InChI=1S/C6H13NO11S2.2Na/c8-4-2(1-17-20(14,15)16)18-6(10)3(5(4)9)7-19(11,12)13;;/h2-10H,1H2,(H,11,12,13)(H,14,15,16);;/q;2*+1/p-2/t2?,3?,4-,5?,6-;;/m1../s1. The summed E-state index contributed by atoms with van der Waals surface area (Å²) in [7, 11) is -10.1. The van der Waals surface area contributed by atoms with Gasteiger partial charge in [0.25, 0.3) is 0 Å². The molecule has 0 aromatic carbocycles. The smallest absolute Gasteiger partial charge is 0.735 e. The van der Waals surface area contributed by atoms with E-state index in [2.05, 4.69) is 8.92 Å². The molecule has 0 saturated carbocycles. The Bertz CT molecular complexity index is 537. The van der Waals surface area contributed by atoms with Crippen LogP contribution < -0.4 is 63.8 Å². The maximum absolute atomic E-state index is 10.5. The van der Waals surface area contributed by atoms with E-state index in [9.17, 15) is 41.3 Å². The number of rotatable bonds is 5. The van der Waals surface area contributed by atoms with E-state index in [1.165, 1.54) is 4.72 Å². The van der Waals surface area contributed by atoms with Crippen LogP contribution in [0.4, 0.5) is 0 Å². The predicted molar refractivity (Wildman–Crippen MR) is 55.2 cm³/mol. The van der Waals surface area contributed by atoms with Crippen molar-refractivity contribution in [1.29, 1.82) is 0 Å². The Labute approximate surface area is 170 Å². The van der Waals surface area contributed by atoms with Crippen molar-refractivity contribution in [2.24, 2.45) is 0 Å². The van der Waals surface area contributed by atoms with Gasteiger partial charge in [0.05, 0.1) is 12.6 Å². The van der Waals surface area contributed by atoms with Crippen molar-refractivity contribution in [2.45, 2.75) is 30.6 Å². The number of nitrogens with one attached hydrogen (secondary N) is 1. The van der Waals surface area contributed by atoms with Crippen LogP contribution in [0.15, 0.2) is 0 Å². The molecule has 0 aromatic heterocycles. The monoisotopic (exact) mass is 383 g/mol. The molecule has 1 heterocycles. The van der Waals surface area contributed by atoms with Gasteiger partial charge < -0.3 is 29.2 Å². The minimum Gasteiger partial charge on any atom is -0.735 e. The molecule has 12 nitrogen and oxygen atoms in total. The molecule has 0 amide bonds. The van der Waals surface area contributed by atoms with Crippen LogP contribution in [0.25, 0.3) is 0 Å². The Kier molecular flexibility index (Phi) is 11.6. The second-order valence-corrected chi connectivity index (χ2v) is 6.03. The van der Waals surface area contributed by atoms with Gasteiger partial charge in [-0.05, 0) is 0 Å². The molecule has 0 radical (unpaired) electrons. The van der Waals surface area contributed by atoms with Crippen LogP contribution in [0.1, 0.15) is 0 Å². The van der Waals surface area contributed by atoms with Crippen LogP contribution >= 0.6 is 0 Å². The minimum absolute atomic E-state index is 0. The van der Waals surface area contributed by atoms with E-state index in [1.807, 2.05) is 0 Å². The zero-order chi connectivity index (χ0) is 15.7. The van der Waals surface area contributed by atoms with Crippen LogP contribution in [0.5, 0.6) is 0 Å². The van der Waals surface area contributed by atoms with Crippen LogP contribution in [0.2, 0.25) is 0 Å². The second kappa shape index (κ2) is 9.91. The third-order valence-corrected chi connectivity index (χ3v) is 3.36. The van der Waals surface area contributed by atoms with Crippen LogP contribution in [0.3, 0.4) is 0 Å². The molecule has 1 aliphatic heterocycles. The maximum atomic E-state index is 10.5. The molecular formula is C6H11NNa2O11S2. The van der Waals surface area contributed by atoms with Crippen molar-refractivity contribution >= 4 is 20.7 Å². The molecular weight excluding hydrogens is 372 g/mol. The molecule has 1 saturated heterocycles. The summed E-state index contributed by atoms with van der Waals surface area (Å²) in [6, 6.07) is -1.87. The largest absolute Gasteiger partial charge is 1.00 e. The van der Waals surface area contributed by atoms with E-state index in [4.69, 9.17) is 0 Å². The second-order valence-electron chi connectivity index (χ2n) is 3.84. The van der Waals surface area contributed by atoms with Gasteiger partial charge in [-0.15, -0.1) is 0 Å². The summed E-state index contributed by atoms with van der Waals surface area (Å²) in [4.78, 5) is 0. The van der Waals surface area contributed by atoms with Crippen LogP contribution in [-0.2, 0) is 29.6 Å². The maximum Gasteiger partial charge on any atom is 1.00 e. The Morgan fingerprint density at radius 3 is 1.95 bits per heavy atom. The summed E-state index contributed by atoms with van der Waals surface area (Å²) in [6.45, 7) is -1.02. The molecule has 1 aliphatic rings. The van der Waals surface area contributed by atoms with Crippen molar-refractivity contribution < 1.29 is 109 Å². The van der Waals surface area contributed by atoms with Gasteiger partial charge in [-0.1, -0.05) is 0 Å². The average molecular weight is 383 g/mol. The Morgan fingerprint density at radius 1 is 1.05 bits per heavy atom. The summed E-state index contributed by atoms with van der Waals surface area (Å²) in [5.74, 6) is 0. The average Bonchev–Trinajstić information content (AvgIpc) is 2.25. The summed E-state index contributed by atoms with van der Waals surface area (Å²) in [5.41, 5.74) is 0. The fourth-order valence-electron chi connectivity index (χ4n) is 1.53. The number of ether oxygens (including phenoxy) is 1. The van der Waals surface area contributed by atoms with Gasteiger partial charge in [0, 0.05) is 0 Å². The topological polar surface area (TPSA) is 206 Å². The molecule has 16 heteroatoms. The third kappa shape index (κ3) is 8.61. The molecule has 22 heavy (non-hydrogen) atoms. The van der Waals surface area contributed by atoms with E-state index in [0.29, 0.717) is 0 Å². The first-order chi connectivity index (χ1) is 8.91. The third-order valence-electron chi connectivity index (χ3n) is 2.38. The molecule has 3 unspecified atom stereocenters. The summed E-state index contributed by atoms with van der Waals surface area (Å²) >= 11 is 0. The van der Waals surface area contributed by atoms with Gasteiger partial charge in [-0.25, -0.2) is 21.6 Å². The molecule has 5 atom stereocenters. The van der Waals surface area contributed by atoms with Crippen LogP contribution in [0, 0.1) is 0 Å². The molecule has 0 bridgehead atoms. The molecule has 4 N–H and O–H groups in total. The molecule has 120 valence electrons. The Hall–Kier alpha value is 1.58. The normalized spacial score (nSPS) is 32.7. The molecule has 1 rings (SSSR count). The van der Waals surface area contributed by atoms with Gasteiger partial charge >= 0.3 is 59.1 Å². The van der Waals surface area contributed by atoms with Gasteiger partial charge in [-0.3, -0.25) is 4.18 Å². The van der Waals surface area contributed by atoms with Crippen molar-refractivity contribution in [3.8, 4) is 0 Å². The van der Waals surface area contributed by atoms with Gasteiger partial charge in [-0.2, -0.15) is 0 Å². The fourth-order valence-corrected chi connectivity index (χ4v) is 2.42. The van der Waals surface area contributed by atoms with E-state index in [-0.39, 0.29) is 59.1 Å². The van der Waals surface area contributed by atoms with E-state index < -0.39 is 58.0 Å². The zero-order valence-electron chi connectivity index (χ0n) is 11.5. The Balaban J connectivity index is 0. The first kappa shape index (κ1) is 25.8. The zero-order valence-corrected chi connectivity index (χ0v) is 17.2. The SMILES string of the molecule is O=S(=O)([O-])NC1C(O)[C@H](O)C(COS(=O)(=O)[O-])O[C@H]1O.[Na+].[Na+]. The van der Waals surface area contributed by atoms with Crippen molar-refractivity contribution in [3.05, 3.63) is 0 Å². The summed E-state index contributed by atoms with van der Waals surface area (Å²) in [6.07, 6.45) is -7.61. The van der Waals surface area contributed by atoms with Crippen LogP contribution in [-0.4, -0.2) is 78.5 Å². The number of hydrogen-bond acceptors (Lipinski definition) is 11. The van der Waals surface area contributed by atoms with E-state index >= 15 is 0 Å². The first-order valence-corrected chi connectivity index (χ1v) is 7.68. The summed E-state index contributed by atoms with van der Waals surface area (Å²) in [5, 5.41) is 28.4. The van der Waals surface area contributed by atoms with E-state index in [0.717, 1.165) is 0 Å². The van der Waals surface area contributed by atoms with Crippen molar-refractivity contribution in [3.63, 3.8) is 0 Å². The van der Waals surface area contributed by atoms with Crippen molar-refractivity contribution in [1.82, 2.24) is 4.72 Å². The molecule has 1 fully saturated rings.